The number of hydrogen-bond donors (Lipinski definition) is 1. The van der Waals surface area contributed by atoms with Gasteiger partial charge in [0.15, 0.2) is 5.16 Å². The lowest BCUT2D eigenvalue weighted by molar-refractivity contribution is 0.189. The quantitative estimate of drug-likeness (QED) is 0.527. The molecule has 0 radical (unpaired) electrons. The minimum Gasteiger partial charge on any atom is -0.385 e. The summed E-state index contributed by atoms with van der Waals surface area (Å²) in [5.41, 5.74) is 2.88. The number of aromatic nitrogens is 5. The van der Waals surface area contributed by atoms with Crippen molar-refractivity contribution in [3.05, 3.63) is 46.3 Å². The van der Waals surface area contributed by atoms with Crippen LogP contribution in [0.1, 0.15) is 17.7 Å². The van der Waals surface area contributed by atoms with Gasteiger partial charge in [-0.15, -0.1) is 5.10 Å². The molecule has 0 bridgehead atoms. The van der Waals surface area contributed by atoms with Crippen molar-refractivity contribution in [3.63, 3.8) is 0 Å². The number of H-pyrrole nitrogens is 1. The van der Waals surface area contributed by atoms with Crippen LogP contribution in [-0.2, 0) is 17.0 Å². The van der Waals surface area contributed by atoms with Crippen LogP contribution in [0.2, 0.25) is 0 Å². The largest absolute Gasteiger partial charge is 0.385 e. The monoisotopic (exact) mass is 333 g/mol. The third-order valence-electron chi connectivity index (χ3n) is 3.45. The molecule has 0 aromatic carbocycles. The third-order valence-corrected chi connectivity index (χ3v) is 4.46. The van der Waals surface area contributed by atoms with Gasteiger partial charge in [0.2, 0.25) is 0 Å². The number of aryl methyl sites for hydroxylation is 1. The van der Waals surface area contributed by atoms with Gasteiger partial charge in [-0.1, -0.05) is 17.8 Å². The van der Waals surface area contributed by atoms with E-state index < -0.39 is 0 Å². The van der Waals surface area contributed by atoms with E-state index in [-0.39, 0.29) is 5.69 Å². The van der Waals surface area contributed by atoms with Crippen LogP contribution in [0, 0.1) is 6.92 Å². The minimum absolute atomic E-state index is 0.186. The minimum atomic E-state index is -0.186. The van der Waals surface area contributed by atoms with Crippen LogP contribution >= 0.6 is 11.8 Å². The molecular weight excluding hydrogens is 314 g/mol. The number of nitrogens with one attached hydrogen (secondary N) is 1. The second-order valence-corrected chi connectivity index (χ2v) is 6.24. The number of hydrogen-bond acceptors (Lipinski definition) is 5. The molecular formula is C15H19N5O2S. The van der Waals surface area contributed by atoms with Crippen LogP contribution in [-0.4, -0.2) is 37.9 Å². The van der Waals surface area contributed by atoms with Gasteiger partial charge in [0.1, 0.15) is 5.65 Å². The molecule has 0 saturated carbocycles. The van der Waals surface area contributed by atoms with Gasteiger partial charge >= 0.3 is 5.69 Å². The smallest absolute Gasteiger partial charge is 0.343 e. The zero-order valence-electron chi connectivity index (χ0n) is 13.2. The van der Waals surface area contributed by atoms with Crippen molar-refractivity contribution in [2.24, 2.45) is 0 Å². The summed E-state index contributed by atoms with van der Waals surface area (Å²) in [4.78, 5) is 16.4. The lowest BCUT2D eigenvalue weighted by Gasteiger charge is -2.04. The molecule has 23 heavy (non-hydrogen) atoms. The maximum absolute atomic E-state index is 11.8. The summed E-state index contributed by atoms with van der Waals surface area (Å²) < 4.78 is 8.68. The van der Waals surface area contributed by atoms with Crippen LogP contribution in [0.3, 0.4) is 0 Å². The maximum atomic E-state index is 11.8. The predicted octanol–water partition coefficient (Wildman–Crippen LogP) is 1.86. The number of thioether (sulfide) groups is 1. The van der Waals surface area contributed by atoms with E-state index >= 15 is 0 Å². The Morgan fingerprint density at radius 2 is 2.22 bits per heavy atom. The number of ether oxygens (including phenoxy) is 1. The fourth-order valence-electron chi connectivity index (χ4n) is 2.34. The number of methoxy groups -OCH3 is 1. The summed E-state index contributed by atoms with van der Waals surface area (Å²) in [5, 5.41) is 7.28. The summed E-state index contributed by atoms with van der Waals surface area (Å²) >= 11 is 1.50. The van der Waals surface area contributed by atoms with Crippen molar-refractivity contribution in [1.82, 2.24) is 24.1 Å². The number of nitrogens with zero attached hydrogens (tertiary/aromatic N) is 4. The first-order valence-corrected chi connectivity index (χ1v) is 8.37. The molecule has 0 aliphatic heterocycles. The Morgan fingerprint density at radius 3 is 3.04 bits per heavy atom. The van der Waals surface area contributed by atoms with E-state index in [1.807, 2.05) is 28.9 Å². The van der Waals surface area contributed by atoms with Crippen molar-refractivity contribution in [1.29, 1.82) is 0 Å². The van der Waals surface area contributed by atoms with Crippen LogP contribution < -0.4 is 5.69 Å². The number of pyridine rings is 1. The topological polar surface area (TPSA) is 77.2 Å². The van der Waals surface area contributed by atoms with Crippen LogP contribution in [0.4, 0.5) is 0 Å². The molecule has 0 aliphatic carbocycles. The van der Waals surface area contributed by atoms with Gasteiger partial charge in [0, 0.05) is 38.4 Å². The van der Waals surface area contributed by atoms with E-state index in [2.05, 4.69) is 22.1 Å². The third kappa shape index (κ3) is 3.65. The Hall–Kier alpha value is -2.06. The average molecular weight is 333 g/mol. The van der Waals surface area contributed by atoms with Gasteiger partial charge in [-0.25, -0.2) is 14.9 Å². The fraction of sp³-hybridized carbons (Fsp3) is 0.400. The van der Waals surface area contributed by atoms with E-state index in [9.17, 15) is 4.79 Å². The van der Waals surface area contributed by atoms with Gasteiger partial charge in [-0.2, -0.15) is 0 Å². The highest BCUT2D eigenvalue weighted by Gasteiger charge is 2.10. The fourth-order valence-corrected chi connectivity index (χ4v) is 3.20. The van der Waals surface area contributed by atoms with E-state index in [4.69, 9.17) is 4.74 Å². The number of imidazole rings is 1. The number of fused-ring (bicyclic) bond motifs is 1. The molecule has 1 N–H and O–H groups in total. The van der Waals surface area contributed by atoms with Gasteiger partial charge < -0.3 is 9.14 Å². The SMILES string of the molecule is COCCCn1c(SCc2cn3cc(C)ccc3n2)n[nH]c1=O. The molecule has 122 valence electrons. The van der Waals surface area contributed by atoms with E-state index in [1.54, 1.807) is 11.7 Å². The lowest BCUT2D eigenvalue weighted by atomic mass is 10.3. The molecule has 0 saturated heterocycles. The Kier molecular flexibility index (Phi) is 4.82. The molecule has 3 aromatic heterocycles. The molecule has 0 unspecified atom stereocenters. The van der Waals surface area contributed by atoms with Gasteiger partial charge in [0.25, 0.3) is 0 Å². The summed E-state index contributed by atoms with van der Waals surface area (Å²) in [6.07, 6.45) is 4.83. The van der Waals surface area contributed by atoms with Crippen molar-refractivity contribution >= 4 is 17.4 Å². The predicted molar refractivity (Wildman–Crippen MR) is 88.8 cm³/mol. The lowest BCUT2D eigenvalue weighted by Crippen LogP contribution is -2.18. The molecule has 0 fully saturated rings. The molecule has 0 atom stereocenters. The first-order chi connectivity index (χ1) is 11.2. The zero-order valence-corrected chi connectivity index (χ0v) is 14.0. The second-order valence-electron chi connectivity index (χ2n) is 5.30. The summed E-state index contributed by atoms with van der Waals surface area (Å²) in [6.45, 7) is 3.26. The first kappa shape index (κ1) is 15.8. The Labute approximate surface area is 137 Å². The Morgan fingerprint density at radius 1 is 1.35 bits per heavy atom. The molecule has 7 nitrogen and oxygen atoms in total. The Bertz CT molecular complexity index is 851. The maximum Gasteiger partial charge on any atom is 0.343 e. The van der Waals surface area contributed by atoms with Gasteiger partial charge in [0.05, 0.1) is 5.69 Å². The second kappa shape index (κ2) is 7.01. The average Bonchev–Trinajstić information content (AvgIpc) is 3.09. The summed E-state index contributed by atoms with van der Waals surface area (Å²) in [7, 11) is 1.65. The highest BCUT2D eigenvalue weighted by molar-refractivity contribution is 7.98. The Balaban J connectivity index is 1.70. The normalized spacial score (nSPS) is 11.4. The van der Waals surface area contributed by atoms with Crippen LogP contribution in [0.25, 0.3) is 5.65 Å². The molecule has 8 heteroatoms. The number of rotatable bonds is 7. The van der Waals surface area contributed by atoms with Gasteiger partial charge in [-0.3, -0.25) is 4.57 Å². The molecule has 0 amide bonds. The molecule has 0 spiro atoms. The highest BCUT2D eigenvalue weighted by atomic mass is 32.2. The molecule has 3 aromatic rings. The van der Waals surface area contributed by atoms with Gasteiger partial charge in [-0.05, 0) is 25.0 Å². The zero-order chi connectivity index (χ0) is 16.2. The standard InChI is InChI=1S/C15H19N5O2S/c1-11-4-5-13-16-12(9-19(13)8-11)10-23-15-18-17-14(21)20(15)6-3-7-22-2/h4-5,8-9H,3,6-7,10H2,1-2H3,(H,17,21). The van der Waals surface area contributed by atoms with Crippen LogP contribution in [0.15, 0.2) is 34.5 Å². The van der Waals surface area contributed by atoms with Crippen LogP contribution in [0.5, 0.6) is 0 Å². The highest BCUT2D eigenvalue weighted by Crippen LogP contribution is 2.20. The molecule has 3 rings (SSSR count). The van der Waals surface area contributed by atoms with Crippen molar-refractivity contribution in [2.75, 3.05) is 13.7 Å². The number of aromatic amines is 1. The van der Waals surface area contributed by atoms with Crippen molar-refractivity contribution in [2.45, 2.75) is 30.8 Å². The summed E-state index contributed by atoms with van der Waals surface area (Å²) in [6, 6.07) is 4.04. The van der Waals surface area contributed by atoms with E-state index in [1.165, 1.54) is 17.3 Å². The molecule has 3 heterocycles. The first-order valence-electron chi connectivity index (χ1n) is 7.38. The summed E-state index contributed by atoms with van der Waals surface area (Å²) in [5.74, 6) is 0.662. The molecule has 0 aliphatic rings. The van der Waals surface area contributed by atoms with Crippen molar-refractivity contribution in [3.8, 4) is 0 Å². The van der Waals surface area contributed by atoms with Crippen molar-refractivity contribution < 1.29 is 4.74 Å². The van der Waals surface area contributed by atoms with E-state index in [0.717, 1.165) is 17.8 Å². The van der Waals surface area contributed by atoms with E-state index in [0.29, 0.717) is 24.1 Å².